The molecule has 0 spiro atoms. The molecule has 0 fully saturated rings. The van der Waals surface area contributed by atoms with Crippen molar-refractivity contribution in [3.05, 3.63) is 64.1 Å². The molecular formula is C25H30N6O2. The largest absolute Gasteiger partial charge is 0.424 e. The molecule has 2 N–H and O–H groups in total. The van der Waals surface area contributed by atoms with Gasteiger partial charge in [0, 0.05) is 18.7 Å². The summed E-state index contributed by atoms with van der Waals surface area (Å²) in [5.41, 5.74) is 9.19. The van der Waals surface area contributed by atoms with Crippen LogP contribution in [-0.4, -0.2) is 44.8 Å². The normalized spacial score (nSPS) is 15.2. The molecule has 0 aliphatic carbocycles. The van der Waals surface area contributed by atoms with Crippen LogP contribution in [0, 0.1) is 6.92 Å². The maximum atomic E-state index is 12.9. The predicted octanol–water partition coefficient (Wildman–Crippen LogP) is 4.18. The van der Waals surface area contributed by atoms with Gasteiger partial charge in [0.1, 0.15) is 23.9 Å². The average Bonchev–Trinajstić information content (AvgIpc) is 3.17. The fourth-order valence-electron chi connectivity index (χ4n) is 4.47. The standard InChI is InChI=1S/C23H24N6O2.C2H6/c1-13-18-21(24)25-12-26-22(18)29(27-13)14(2)20-19(15-7-6-10-28(3)11-15)16-8-4-5-9-17(16)23(30)31-20;1-2/h4-5,7-9,12,14H,6,10-11H2,1-3H3,(H2,24,25,26);1-2H3. The molecule has 4 heterocycles. The van der Waals surface area contributed by atoms with E-state index in [-0.39, 0.29) is 11.7 Å². The first-order valence-corrected chi connectivity index (χ1v) is 11.3. The van der Waals surface area contributed by atoms with Crippen LogP contribution in [0.3, 0.4) is 0 Å². The summed E-state index contributed by atoms with van der Waals surface area (Å²) in [6.45, 7) is 9.63. The summed E-state index contributed by atoms with van der Waals surface area (Å²) in [7, 11) is 2.10. The molecule has 5 rings (SSSR count). The molecule has 0 bridgehead atoms. The van der Waals surface area contributed by atoms with Gasteiger partial charge in [0.15, 0.2) is 5.65 Å². The summed E-state index contributed by atoms with van der Waals surface area (Å²) < 4.78 is 7.73. The third kappa shape index (κ3) is 3.91. The van der Waals surface area contributed by atoms with E-state index >= 15 is 0 Å². The van der Waals surface area contributed by atoms with Gasteiger partial charge in [-0.25, -0.2) is 19.4 Å². The Bertz CT molecular complexity index is 1400. The Labute approximate surface area is 192 Å². The highest BCUT2D eigenvalue weighted by atomic mass is 16.4. The predicted molar refractivity (Wildman–Crippen MR) is 132 cm³/mol. The van der Waals surface area contributed by atoms with E-state index in [0.717, 1.165) is 47.1 Å². The number of anilines is 1. The van der Waals surface area contributed by atoms with E-state index < -0.39 is 0 Å². The number of fused-ring (bicyclic) bond motifs is 2. The number of nitrogen functional groups attached to an aromatic ring is 1. The number of likely N-dealkylation sites (N-methyl/N-ethyl adjacent to an activating group) is 1. The third-order valence-corrected chi connectivity index (χ3v) is 5.97. The molecule has 33 heavy (non-hydrogen) atoms. The van der Waals surface area contributed by atoms with Gasteiger partial charge >= 0.3 is 5.63 Å². The Morgan fingerprint density at radius 1 is 1.15 bits per heavy atom. The van der Waals surface area contributed by atoms with Gasteiger partial charge in [-0.3, -0.25) is 0 Å². The number of aromatic nitrogens is 4. The van der Waals surface area contributed by atoms with Crippen LogP contribution >= 0.6 is 0 Å². The van der Waals surface area contributed by atoms with Crippen LogP contribution in [-0.2, 0) is 0 Å². The van der Waals surface area contributed by atoms with Gasteiger partial charge in [0.05, 0.1) is 16.5 Å². The summed E-state index contributed by atoms with van der Waals surface area (Å²) in [6, 6.07) is 7.24. The lowest BCUT2D eigenvalue weighted by Gasteiger charge is -2.26. The summed E-state index contributed by atoms with van der Waals surface area (Å²) in [5.74, 6) is 0.963. The molecule has 1 unspecified atom stereocenters. The smallest absolute Gasteiger partial charge is 0.343 e. The third-order valence-electron chi connectivity index (χ3n) is 5.97. The summed E-state index contributed by atoms with van der Waals surface area (Å²) >= 11 is 0. The molecule has 1 aromatic carbocycles. The van der Waals surface area contributed by atoms with Gasteiger partial charge in [-0.2, -0.15) is 5.10 Å². The molecule has 172 valence electrons. The monoisotopic (exact) mass is 446 g/mol. The van der Waals surface area contributed by atoms with Crippen molar-refractivity contribution in [2.24, 2.45) is 0 Å². The van der Waals surface area contributed by atoms with Crippen LogP contribution in [0.2, 0.25) is 0 Å². The van der Waals surface area contributed by atoms with E-state index in [1.165, 1.54) is 6.33 Å². The molecule has 1 aliphatic rings. The molecule has 8 heteroatoms. The molecule has 8 nitrogen and oxygen atoms in total. The Hall–Kier alpha value is -3.52. The minimum absolute atomic E-state index is 0.353. The maximum absolute atomic E-state index is 12.9. The molecule has 3 aromatic heterocycles. The van der Waals surface area contributed by atoms with Crippen LogP contribution < -0.4 is 11.4 Å². The van der Waals surface area contributed by atoms with Crippen molar-refractivity contribution in [1.29, 1.82) is 0 Å². The number of hydrogen-bond donors (Lipinski definition) is 1. The van der Waals surface area contributed by atoms with Gasteiger partial charge in [0.25, 0.3) is 0 Å². The van der Waals surface area contributed by atoms with Gasteiger partial charge in [-0.1, -0.05) is 38.1 Å². The lowest BCUT2D eigenvalue weighted by Crippen LogP contribution is -2.26. The van der Waals surface area contributed by atoms with E-state index in [2.05, 4.69) is 33.1 Å². The van der Waals surface area contributed by atoms with E-state index in [9.17, 15) is 4.79 Å². The van der Waals surface area contributed by atoms with Gasteiger partial charge in [0.2, 0.25) is 0 Å². The highest BCUT2D eigenvalue weighted by molar-refractivity contribution is 5.94. The SMILES string of the molecule is CC.Cc1nn(C(C)c2oc(=O)c3ccccc3c2C2=CCCN(C)C2)c2ncnc(N)c12. The lowest BCUT2D eigenvalue weighted by atomic mass is 9.93. The van der Waals surface area contributed by atoms with E-state index in [1.54, 1.807) is 4.68 Å². The maximum Gasteiger partial charge on any atom is 0.343 e. The van der Waals surface area contributed by atoms with Crippen LogP contribution in [0.5, 0.6) is 0 Å². The molecular weight excluding hydrogens is 416 g/mol. The van der Waals surface area contributed by atoms with E-state index in [0.29, 0.717) is 22.6 Å². The zero-order valence-corrected chi connectivity index (χ0v) is 19.8. The number of nitrogens with zero attached hydrogens (tertiary/aromatic N) is 5. The summed E-state index contributed by atoms with van der Waals surface area (Å²) in [5, 5.41) is 6.87. The topological polar surface area (TPSA) is 103 Å². The summed E-state index contributed by atoms with van der Waals surface area (Å²) in [4.78, 5) is 23.7. The van der Waals surface area contributed by atoms with Crippen LogP contribution in [0.4, 0.5) is 5.82 Å². The van der Waals surface area contributed by atoms with Crippen molar-refractivity contribution in [2.45, 2.75) is 40.2 Å². The minimum atomic E-state index is -0.370. The van der Waals surface area contributed by atoms with Crippen LogP contribution in [0.25, 0.3) is 27.4 Å². The molecule has 0 radical (unpaired) electrons. The Balaban J connectivity index is 0.00000126. The number of rotatable bonds is 3. The molecule has 4 aromatic rings. The quantitative estimate of drug-likeness (QED) is 0.503. The minimum Gasteiger partial charge on any atom is -0.424 e. The van der Waals surface area contributed by atoms with Gasteiger partial charge < -0.3 is 15.1 Å². The highest BCUT2D eigenvalue weighted by Gasteiger charge is 2.27. The zero-order valence-electron chi connectivity index (χ0n) is 19.8. The van der Waals surface area contributed by atoms with Crippen molar-refractivity contribution < 1.29 is 4.42 Å². The number of aryl methyl sites for hydroxylation is 1. The fourth-order valence-corrected chi connectivity index (χ4v) is 4.47. The fraction of sp³-hybridized carbons (Fsp3) is 0.360. The first kappa shape index (κ1) is 22.7. The van der Waals surface area contributed by atoms with Gasteiger partial charge in [-0.15, -0.1) is 0 Å². The Morgan fingerprint density at radius 3 is 2.61 bits per heavy atom. The number of benzene rings is 1. The van der Waals surface area contributed by atoms with E-state index in [1.807, 2.05) is 52.0 Å². The second-order valence-corrected chi connectivity index (χ2v) is 8.09. The molecule has 0 amide bonds. The number of nitrogens with two attached hydrogens (primary N) is 1. The van der Waals surface area contributed by atoms with Crippen molar-refractivity contribution in [3.8, 4) is 0 Å². The average molecular weight is 447 g/mol. The lowest BCUT2D eigenvalue weighted by molar-refractivity contribution is 0.369. The molecule has 0 saturated heterocycles. The first-order chi connectivity index (χ1) is 16.0. The van der Waals surface area contributed by atoms with Crippen molar-refractivity contribution in [2.75, 3.05) is 25.9 Å². The van der Waals surface area contributed by atoms with Crippen LogP contribution in [0.1, 0.15) is 50.3 Å². The second-order valence-electron chi connectivity index (χ2n) is 8.09. The van der Waals surface area contributed by atoms with Crippen molar-refractivity contribution in [3.63, 3.8) is 0 Å². The van der Waals surface area contributed by atoms with Gasteiger partial charge in [-0.05, 0) is 44.3 Å². The second kappa shape index (κ2) is 9.15. The molecule has 1 aliphatic heterocycles. The van der Waals surface area contributed by atoms with Crippen LogP contribution in [0.15, 0.2) is 45.9 Å². The van der Waals surface area contributed by atoms with E-state index in [4.69, 9.17) is 10.2 Å². The highest BCUT2D eigenvalue weighted by Crippen LogP contribution is 2.35. The first-order valence-electron chi connectivity index (χ1n) is 11.3. The van der Waals surface area contributed by atoms with Crippen molar-refractivity contribution >= 4 is 33.2 Å². The molecule has 1 atom stereocenters. The summed E-state index contributed by atoms with van der Waals surface area (Å²) in [6.07, 6.45) is 4.61. The van der Waals surface area contributed by atoms with Crippen molar-refractivity contribution in [1.82, 2.24) is 24.6 Å². The Morgan fingerprint density at radius 2 is 1.88 bits per heavy atom. The Kier molecular flexibility index (Phi) is 6.29. The zero-order chi connectivity index (χ0) is 23.7. The number of hydrogen-bond acceptors (Lipinski definition) is 7. The molecule has 0 saturated carbocycles.